The van der Waals surface area contributed by atoms with Crippen LogP contribution >= 0.6 is 0 Å². The van der Waals surface area contributed by atoms with Gasteiger partial charge in [-0.3, -0.25) is 4.79 Å². The van der Waals surface area contributed by atoms with Crippen molar-refractivity contribution in [3.05, 3.63) is 58.5 Å². The summed E-state index contributed by atoms with van der Waals surface area (Å²) in [6.45, 7) is 2.91. The molecule has 0 spiro atoms. The van der Waals surface area contributed by atoms with Gasteiger partial charge in [0.05, 0.1) is 18.8 Å². The zero-order valence-electron chi connectivity index (χ0n) is 17.8. The summed E-state index contributed by atoms with van der Waals surface area (Å²) >= 11 is 0. The summed E-state index contributed by atoms with van der Waals surface area (Å²) in [5.74, 6) is 1.55. The van der Waals surface area contributed by atoms with Gasteiger partial charge in [0, 0.05) is 29.8 Å². The van der Waals surface area contributed by atoms with Crippen LogP contribution in [0.3, 0.4) is 0 Å². The first-order chi connectivity index (χ1) is 14.9. The Morgan fingerprint density at radius 1 is 1.16 bits per heavy atom. The van der Waals surface area contributed by atoms with E-state index in [4.69, 9.17) is 4.74 Å². The number of hydrogen-bond donors (Lipinski definition) is 1. The van der Waals surface area contributed by atoms with Crippen LogP contribution in [0.25, 0.3) is 21.9 Å². The molecule has 1 saturated carbocycles. The number of pyridine rings is 1. The van der Waals surface area contributed by atoms with Crippen molar-refractivity contribution in [1.82, 2.24) is 4.57 Å². The van der Waals surface area contributed by atoms with Gasteiger partial charge < -0.3 is 9.30 Å². The minimum atomic E-state index is -3.11. The van der Waals surface area contributed by atoms with Gasteiger partial charge in [0.15, 0.2) is 5.75 Å². The second-order valence-corrected chi connectivity index (χ2v) is 10.7. The SMILES string of the molecule is CC[S+](=O)(O)N1CCc2cc(OCC3CC3)c(-c3cn(C)c(=O)c4ccccc34)cc21. The molecular weight excluding hydrogens is 412 g/mol. The Morgan fingerprint density at radius 2 is 1.90 bits per heavy atom. The number of benzene rings is 2. The first-order valence-electron chi connectivity index (χ1n) is 10.8. The van der Waals surface area contributed by atoms with E-state index >= 15 is 0 Å². The molecule has 162 valence electrons. The van der Waals surface area contributed by atoms with E-state index < -0.39 is 10.4 Å². The van der Waals surface area contributed by atoms with Crippen LogP contribution in [0.2, 0.25) is 0 Å². The predicted molar refractivity (Wildman–Crippen MR) is 125 cm³/mol. The molecule has 2 aromatic carbocycles. The van der Waals surface area contributed by atoms with Crippen LogP contribution in [0.4, 0.5) is 5.69 Å². The van der Waals surface area contributed by atoms with Gasteiger partial charge in [0.2, 0.25) is 0 Å². The zero-order chi connectivity index (χ0) is 21.8. The third-order valence-electron chi connectivity index (χ3n) is 6.31. The highest BCUT2D eigenvalue weighted by molar-refractivity contribution is 7.99. The number of hydrogen-bond acceptors (Lipinski definition) is 3. The summed E-state index contributed by atoms with van der Waals surface area (Å²) in [5, 5.41) is 1.50. The fourth-order valence-electron chi connectivity index (χ4n) is 4.29. The number of fused-ring (bicyclic) bond motifs is 2. The van der Waals surface area contributed by atoms with Gasteiger partial charge in [-0.2, -0.15) is 8.86 Å². The Morgan fingerprint density at radius 3 is 2.61 bits per heavy atom. The zero-order valence-corrected chi connectivity index (χ0v) is 18.7. The Kier molecular flexibility index (Phi) is 4.90. The normalized spacial score (nSPS) is 17.6. The summed E-state index contributed by atoms with van der Waals surface area (Å²) in [5.41, 5.74) is 3.50. The third kappa shape index (κ3) is 3.55. The largest absolute Gasteiger partial charge is 0.493 e. The van der Waals surface area contributed by atoms with Gasteiger partial charge in [0.25, 0.3) is 5.56 Å². The lowest BCUT2D eigenvalue weighted by atomic mass is 9.97. The van der Waals surface area contributed by atoms with E-state index in [0.29, 0.717) is 30.9 Å². The second kappa shape index (κ2) is 7.50. The predicted octanol–water partition coefficient (Wildman–Crippen LogP) is 4.26. The van der Waals surface area contributed by atoms with Crippen molar-refractivity contribution in [2.75, 3.05) is 23.2 Å². The summed E-state index contributed by atoms with van der Waals surface area (Å²) in [6.07, 6.45) is 4.94. The molecule has 5 rings (SSSR count). The lowest BCUT2D eigenvalue weighted by Crippen LogP contribution is -2.36. The van der Waals surface area contributed by atoms with E-state index in [1.807, 2.05) is 42.6 Å². The quantitative estimate of drug-likeness (QED) is 0.583. The molecule has 1 atom stereocenters. The van der Waals surface area contributed by atoms with E-state index in [0.717, 1.165) is 33.5 Å². The summed E-state index contributed by atoms with van der Waals surface area (Å²) in [4.78, 5) is 12.7. The number of ether oxygens (including phenoxy) is 1. The van der Waals surface area contributed by atoms with E-state index in [2.05, 4.69) is 0 Å². The average molecular weight is 440 g/mol. The molecule has 1 unspecified atom stereocenters. The molecule has 1 aromatic heterocycles. The molecule has 1 N–H and O–H groups in total. The number of aromatic nitrogens is 1. The maximum Gasteiger partial charge on any atom is 0.312 e. The Bertz CT molecular complexity index is 1280. The topological polar surface area (TPSA) is 71.8 Å². The molecule has 2 heterocycles. The van der Waals surface area contributed by atoms with Crippen molar-refractivity contribution in [2.24, 2.45) is 13.0 Å². The first kappa shape index (κ1) is 20.3. The lowest BCUT2D eigenvalue weighted by Gasteiger charge is -2.20. The van der Waals surface area contributed by atoms with Crippen LogP contribution in [-0.4, -0.2) is 28.0 Å². The molecule has 2 aliphatic rings. The lowest BCUT2D eigenvalue weighted by molar-refractivity contribution is 0.301. The van der Waals surface area contributed by atoms with Gasteiger partial charge >= 0.3 is 10.4 Å². The molecule has 1 aliphatic heterocycles. The molecule has 0 radical (unpaired) electrons. The van der Waals surface area contributed by atoms with Crippen LogP contribution in [-0.2, 0) is 28.1 Å². The molecule has 31 heavy (non-hydrogen) atoms. The maximum atomic E-state index is 12.8. The monoisotopic (exact) mass is 439 g/mol. The van der Waals surface area contributed by atoms with Crippen LogP contribution in [0.1, 0.15) is 25.3 Å². The van der Waals surface area contributed by atoms with Gasteiger partial charge in [0.1, 0.15) is 5.75 Å². The molecule has 6 nitrogen and oxygen atoms in total. The van der Waals surface area contributed by atoms with Crippen LogP contribution in [0.5, 0.6) is 5.75 Å². The molecule has 0 amide bonds. The maximum absolute atomic E-state index is 12.8. The van der Waals surface area contributed by atoms with E-state index in [9.17, 15) is 13.6 Å². The minimum Gasteiger partial charge on any atom is -0.493 e. The van der Waals surface area contributed by atoms with E-state index in [-0.39, 0.29) is 11.3 Å². The Balaban J connectivity index is 1.73. The number of aryl methyl sites for hydroxylation is 1. The van der Waals surface area contributed by atoms with Gasteiger partial charge in [-0.15, -0.1) is 0 Å². The van der Waals surface area contributed by atoms with Crippen molar-refractivity contribution in [3.8, 4) is 16.9 Å². The fraction of sp³-hybridized carbons (Fsp3) is 0.375. The van der Waals surface area contributed by atoms with Gasteiger partial charge in [-0.25, -0.2) is 0 Å². The van der Waals surface area contributed by atoms with E-state index in [1.54, 1.807) is 22.8 Å². The second-order valence-electron chi connectivity index (χ2n) is 8.48. The fourth-order valence-corrected chi connectivity index (χ4v) is 5.46. The van der Waals surface area contributed by atoms with Gasteiger partial charge in [-0.05, 0) is 65.5 Å². The smallest absolute Gasteiger partial charge is 0.312 e. The summed E-state index contributed by atoms with van der Waals surface area (Å²) in [6, 6.07) is 11.6. The van der Waals surface area contributed by atoms with E-state index in [1.165, 1.54) is 12.8 Å². The third-order valence-corrected chi connectivity index (χ3v) is 8.13. The molecule has 3 aromatic rings. The van der Waals surface area contributed by atoms with Gasteiger partial charge in [-0.1, -0.05) is 18.2 Å². The molecule has 1 fully saturated rings. The highest BCUT2D eigenvalue weighted by atomic mass is 32.3. The van der Waals surface area contributed by atoms with Crippen LogP contribution in [0.15, 0.2) is 47.4 Å². The first-order valence-corrected chi connectivity index (χ1v) is 12.4. The number of nitrogens with zero attached hydrogens (tertiary/aromatic N) is 2. The molecule has 0 saturated heterocycles. The molecule has 7 heteroatoms. The van der Waals surface area contributed by atoms with Crippen LogP contribution in [0, 0.1) is 5.92 Å². The highest BCUT2D eigenvalue weighted by Gasteiger charge is 2.39. The van der Waals surface area contributed by atoms with Crippen molar-refractivity contribution >= 4 is 26.9 Å². The highest BCUT2D eigenvalue weighted by Crippen LogP contribution is 2.43. The summed E-state index contributed by atoms with van der Waals surface area (Å²) in [7, 11) is -1.36. The Hall–Kier alpha value is -2.64. The van der Waals surface area contributed by atoms with Crippen LogP contribution < -0.4 is 14.6 Å². The minimum absolute atomic E-state index is 0.0491. The average Bonchev–Trinajstić information content (AvgIpc) is 3.51. The standard InChI is InChI=1S/C24H26N2O4S/c1-3-31(28,29)26-11-10-17-12-23(30-15-16-8-9-16)20(13-22(17)26)21-14-25(2)24(27)19-7-5-4-6-18(19)21/h4-7,12-14,16H,3,8-11,15H2,1-2H3/p+1. The van der Waals surface area contributed by atoms with Crippen molar-refractivity contribution in [2.45, 2.75) is 26.2 Å². The number of rotatable bonds is 6. The molecular formula is C24H27N2O4S+. The molecule has 1 aliphatic carbocycles. The van der Waals surface area contributed by atoms with Crippen molar-refractivity contribution in [3.63, 3.8) is 0 Å². The Labute approximate surface area is 182 Å². The number of anilines is 1. The summed E-state index contributed by atoms with van der Waals surface area (Å²) < 4.78 is 32.8. The van der Waals surface area contributed by atoms with Crippen molar-refractivity contribution in [1.29, 1.82) is 0 Å². The molecule has 0 bridgehead atoms. The van der Waals surface area contributed by atoms with Crippen molar-refractivity contribution < 1.29 is 13.5 Å².